The van der Waals surface area contributed by atoms with E-state index in [0.29, 0.717) is 10.5 Å². The lowest BCUT2D eigenvalue weighted by Crippen LogP contribution is -2.27. The molecule has 3 heteroatoms. The first kappa shape index (κ1) is 11.7. The van der Waals surface area contributed by atoms with Gasteiger partial charge < -0.3 is 5.32 Å². The van der Waals surface area contributed by atoms with E-state index in [4.69, 9.17) is 0 Å². The molecule has 1 aromatic carbocycles. The molecule has 1 aromatic rings. The van der Waals surface area contributed by atoms with E-state index in [1.165, 1.54) is 0 Å². The Balaban J connectivity index is 2.63. The molecule has 0 saturated carbocycles. The van der Waals surface area contributed by atoms with Gasteiger partial charge in [-0.1, -0.05) is 13.0 Å². The maximum Gasteiger partial charge on any atom is 0.137 e. The van der Waals surface area contributed by atoms with Gasteiger partial charge in [-0.2, -0.15) is 0 Å². The van der Waals surface area contributed by atoms with Gasteiger partial charge in [0.05, 0.1) is 4.47 Å². The highest BCUT2D eigenvalue weighted by Crippen LogP contribution is 2.17. The summed E-state index contributed by atoms with van der Waals surface area (Å²) < 4.78 is 13.7. The summed E-state index contributed by atoms with van der Waals surface area (Å²) in [7, 11) is 0. The SMILES string of the molecule is CCNC(C)Cc1ccc(Br)c(F)c1. The van der Waals surface area contributed by atoms with E-state index < -0.39 is 0 Å². The first-order chi connectivity index (χ1) is 6.63. The van der Waals surface area contributed by atoms with E-state index in [0.717, 1.165) is 18.5 Å². The molecule has 0 aromatic heterocycles. The third-order valence-electron chi connectivity index (χ3n) is 2.08. The zero-order chi connectivity index (χ0) is 10.6. The molecule has 78 valence electrons. The van der Waals surface area contributed by atoms with Crippen molar-refractivity contribution in [3.05, 3.63) is 34.1 Å². The summed E-state index contributed by atoms with van der Waals surface area (Å²) in [5.41, 5.74) is 1.03. The lowest BCUT2D eigenvalue weighted by atomic mass is 10.1. The molecule has 0 spiro atoms. The average Bonchev–Trinajstić information content (AvgIpc) is 2.12. The van der Waals surface area contributed by atoms with Gasteiger partial charge in [0.2, 0.25) is 0 Å². The Morgan fingerprint density at radius 3 is 2.79 bits per heavy atom. The van der Waals surface area contributed by atoms with Gasteiger partial charge in [0.1, 0.15) is 5.82 Å². The number of hydrogen-bond acceptors (Lipinski definition) is 1. The Bertz CT molecular complexity index is 301. The highest BCUT2D eigenvalue weighted by Gasteiger charge is 2.04. The molecule has 0 saturated heterocycles. The van der Waals surface area contributed by atoms with Crippen LogP contribution in [-0.2, 0) is 6.42 Å². The number of rotatable bonds is 4. The van der Waals surface area contributed by atoms with E-state index in [9.17, 15) is 4.39 Å². The molecule has 1 rings (SSSR count). The second-order valence-electron chi connectivity index (χ2n) is 3.41. The van der Waals surface area contributed by atoms with E-state index >= 15 is 0 Å². The number of nitrogens with one attached hydrogen (secondary N) is 1. The molecule has 1 unspecified atom stereocenters. The zero-order valence-corrected chi connectivity index (χ0v) is 10.1. The quantitative estimate of drug-likeness (QED) is 0.877. The summed E-state index contributed by atoms with van der Waals surface area (Å²) in [6.45, 7) is 5.11. The molecule has 1 atom stereocenters. The fraction of sp³-hybridized carbons (Fsp3) is 0.455. The van der Waals surface area contributed by atoms with Crippen molar-refractivity contribution in [2.45, 2.75) is 26.3 Å². The van der Waals surface area contributed by atoms with E-state index in [1.807, 2.05) is 6.07 Å². The van der Waals surface area contributed by atoms with Crippen LogP contribution in [-0.4, -0.2) is 12.6 Å². The van der Waals surface area contributed by atoms with Crippen LogP contribution in [0.5, 0.6) is 0 Å². The summed E-state index contributed by atoms with van der Waals surface area (Å²) in [6, 6.07) is 5.67. The first-order valence-electron chi connectivity index (χ1n) is 4.80. The molecule has 0 amide bonds. The Hall–Kier alpha value is -0.410. The van der Waals surface area contributed by atoms with Crippen LogP contribution in [0.15, 0.2) is 22.7 Å². The van der Waals surface area contributed by atoms with Crippen molar-refractivity contribution >= 4 is 15.9 Å². The van der Waals surface area contributed by atoms with Crippen LogP contribution in [0.25, 0.3) is 0 Å². The number of likely N-dealkylation sites (N-methyl/N-ethyl adjacent to an activating group) is 1. The highest BCUT2D eigenvalue weighted by atomic mass is 79.9. The molecule has 1 N–H and O–H groups in total. The minimum Gasteiger partial charge on any atom is -0.314 e. The number of halogens is 2. The van der Waals surface area contributed by atoms with Crippen LogP contribution in [0.2, 0.25) is 0 Å². The smallest absolute Gasteiger partial charge is 0.137 e. The topological polar surface area (TPSA) is 12.0 Å². The maximum absolute atomic E-state index is 13.1. The van der Waals surface area contributed by atoms with E-state index in [-0.39, 0.29) is 5.82 Å². The summed E-state index contributed by atoms with van der Waals surface area (Å²) in [5.74, 6) is -0.189. The summed E-state index contributed by atoms with van der Waals surface area (Å²) in [6.07, 6.45) is 0.859. The molecular weight excluding hydrogens is 245 g/mol. The largest absolute Gasteiger partial charge is 0.314 e. The average molecular weight is 260 g/mol. The number of benzene rings is 1. The van der Waals surface area contributed by atoms with Crippen molar-refractivity contribution in [2.75, 3.05) is 6.54 Å². The Morgan fingerprint density at radius 2 is 2.21 bits per heavy atom. The van der Waals surface area contributed by atoms with Gasteiger partial charge in [0.25, 0.3) is 0 Å². The van der Waals surface area contributed by atoms with Gasteiger partial charge in [-0.15, -0.1) is 0 Å². The minimum atomic E-state index is -0.189. The van der Waals surface area contributed by atoms with Gasteiger partial charge in [-0.25, -0.2) is 4.39 Å². The second kappa shape index (κ2) is 5.47. The molecule has 0 fully saturated rings. The predicted molar refractivity (Wildman–Crippen MR) is 60.9 cm³/mol. The third kappa shape index (κ3) is 3.39. The van der Waals surface area contributed by atoms with Gasteiger partial charge in [-0.05, 0) is 53.5 Å². The molecule has 0 aliphatic carbocycles. The molecule has 0 radical (unpaired) electrons. The molecular formula is C11H15BrFN. The van der Waals surface area contributed by atoms with Crippen LogP contribution >= 0.6 is 15.9 Å². The van der Waals surface area contributed by atoms with Crippen LogP contribution in [0, 0.1) is 5.82 Å². The fourth-order valence-electron chi connectivity index (χ4n) is 1.44. The minimum absolute atomic E-state index is 0.189. The fourth-order valence-corrected chi connectivity index (χ4v) is 1.69. The third-order valence-corrected chi connectivity index (χ3v) is 2.72. The van der Waals surface area contributed by atoms with E-state index in [2.05, 4.69) is 35.1 Å². The summed E-state index contributed by atoms with van der Waals surface area (Å²) in [4.78, 5) is 0. The Morgan fingerprint density at radius 1 is 1.50 bits per heavy atom. The normalized spacial score (nSPS) is 12.9. The van der Waals surface area contributed by atoms with Crippen molar-refractivity contribution in [1.82, 2.24) is 5.32 Å². The van der Waals surface area contributed by atoms with Crippen molar-refractivity contribution in [1.29, 1.82) is 0 Å². The van der Waals surface area contributed by atoms with Crippen molar-refractivity contribution in [3.8, 4) is 0 Å². The van der Waals surface area contributed by atoms with Gasteiger partial charge in [0.15, 0.2) is 0 Å². The first-order valence-corrected chi connectivity index (χ1v) is 5.60. The summed E-state index contributed by atoms with van der Waals surface area (Å²) in [5, 5.41) is 3.29. The van der Waals surface area contributed by atoms with Crippen molar-refractivity contribution in [3.63, 3.8) is 0 Å². The standard InChI is InChI=1S/C11H15BrFN/c1-3-14-8(2)6-9-4-5-10(12)11(13)7-9/h4-5,7-8,14H,3,6H2,1-2H3. The Labute approximate surface area is 92.8 Å². The van der Waals surface area contributed by atoms with Crippen molar-refractivity contribution < 1.29 is 4.39 Å². The van der Waals surface area contributed by atoms with Crippen LogP contribution in [0.4, 0.5) is 4.39 Å². The van der Waals surface area contributed by atoms with E-state index in [1.54, 1.807) is 12.1 Å². The summed E-state index contributed by atoms with van der Waals surface area (Å²) >= 11 is 3.14. The van der Waals surface area contributed by atoms with Gasteiger partial charge in [0, 0.05) is 6.04 Å². The number of hydrogen-bond donors (Lipinski definition) is 1. The molecule has 0 bridgehead atoms. The van der Waals surface area contributed by atoms with Crippen LogP contribution in [0.3, 0.4) is 0 Å². The predicted octanol–water partition coefficient (Wildman–Crippen LogP) is 3.13. The molecule has 0 aliphatic heterocycles. The lowest BCUT2D eigenvalue weighted by Gasteiger charge is -2.12. The second-order valence-corrected chi connectivity index (χ2v) is 4.27. The molecule has 14 heavy (non-hydrogen) atoms. The molecule has 0 aliphatic rings. The molecule has 1 nitrogen and oxygen atoms in total. The lowest BCUT2D eigenvalue weighted by molar-refractivity contribution is 0.561. The monoisotopic (exact) mass is 259 g/mol. The highest BCUT2D eigenvalue weighted by molar-refractivity contribution is 9.10. The maximum atomic E-state index is 13.1. The zero-order valence-electron chi connectivity index (χ0n) is 8.48. The van der Waals surface area contributed by atoms with Crippen molar-refractivity contribution in [2.24, 2.45) is 0 Å². The van der Waals surface area contributed by atoms with Crippen LogP contribution < -0.4 is 5.32 Å². The van der Waals surface area contributed by atoms with Crippen LogP contribution in [0.1, 0.15) is 19.4 Å². The molecule has 0 heterocycles. The Kier molecular flexibility index (Phi) is 4.55. The van der Waals surface area contributed by atoms with Gasteiger partial charge >= 0.3 is 0 Å². The van der Waals surface area contributed by atoms with Gasteiger partial charge in [-0.3, -0.25) is 0 Å².